The monoisotopic (exact) mass is 413 g/mol. The van der Waals surface area contributed by atoms with Crippen LogP contribution in [0.5, 0.6) is 5.75 Å². The average Bonchev–Trinajstić information content (AvgIpc) is 2.61. The van der Waals surface area contributed by atoms with E-state index in [1.54, 1.807) is 26.8 Å². The topological polar surface area (TPSA) is 88.8 Å². The van der Waals surface area contributed by atoms with Crippen LogP contribution in [-0.2, 0) is 4.74 Å². The van der Waals surface area contributed by atoms with Crippen molar-refractivity contribution < 1.29 is 23.4 Å². The maximum Gasteiger partial charge on any atom is 0.412 e. The van der Waals surface area contributed by atoms with Gasteiger partial charge in [0.15, 0.2) is 0 Å². The SMILES string of the molecule is CC(C)c1oc2cc(O)ccc2c(=O)c1-c1ccc(NC(=O)OC(C)(C)C)c(F)c1. The highest BCUT2D eigenvalue weighted by Crippen LogP contribution is 2.32. The predicted molar refractivity (Wildman–Crippen MR) is 113 cm³/mol. The van der Waals surface area contributed by atoms with Gasteiger partial charge in [-0.15, -0.1) is 0 Å². The van der Waals surface area contributed by atoms with Gasteiger partial charge in [0.1, 0.15) is 28.5 Å². The number of phenols is 1. The summed E-state index contributed by atoms with van der Waals surface area (Å²) < 4.78 is 25.7. The molecule has 3 aromatic rings. The summed E-state index contributed by atoms with van der Waals surface area (Å²) in [7, 11) is 0. The fraction of sp³-hybridized carbons (Fsp3) is 0.304. The van der Waals surface area contributed by atoms with Gasteiger partial charge in [0.25, 0.3) is 0 Å². The minimum atomic E-state index is -0.776. The van der Waals surface area contributed by atoms with Gasteiger partial charge in [-0.1, -0.05) is 19.9 Å². The number of carbonyl (C=O) groups is 1. The van der Waals surface area contributed by atoms with Crippen molar-refractivity contribution >= 4 is 22.7 Å². The van der Waals surface area contributed by atoms with E-state index in [1.807, 2.05) is 13.8 Å². The van der Waals surface area contributed by atoms with Crippen molar-refractivity contribution in [2.24, 2.45) is 0 Å². The second-order valence-electron chi connectivity index (χ2n) is 8.33. The molecule has 0 aliphatic rings. The number of nitrogens with one attached hydrogen (secondary N) is 1. The number of hydrogen-bond donors (Lipinski definition) is 2. The second-order valence-corrected chi connectivity index (χ2v) is 8.33. The summed E-state index contributed by atoms with van der Waals surface area (Å²) in [6.45, 7) is 8.82. The van der Waals surface area contributed by atoms with Gasteiger partial charge < -0.3 is 14.3 Å². The molecule has 1 heterocycles. The fourth-order valence-electron chi connectivity index (χ4n) is 3.06. The number of carbonyl (C=O) groups excluding carboxylic acids is 1. The number of halogens is 1. The van der Waals surface area contributed by atoms with Crippen LogP contribution in [0.15, 0.2) is 45.6 Å². The summed E-state index contributed by atoms with van der Waals surface area (Å²) in [6.07, 6.45) is -0.776. The molecule has 2 aromatic carbocycles. The number of aromatic hydroxyl groups is 1. The lowest BCUT2D eigenvalue weighted by Crippen LogP contribution is -2.27. The lowest BCUT2D eigenvalue weighted by Gasteiger charge is -2.20. The maximum absolute atomic E-state index is 14.7. The van der Waals surface area contributed by atoms with E-state index < -0.39 is 17.5 Å². The molecule has 1 aromatic heterocycles. The van der Waals surface area contributed by atoms with Crippen molar-refractivity contribution in [1.82, 2.24) is 0 Å². The zero-order chi connectivity index (χ0) is 22.2. The second kappa shape index (κ2) is 7.82. The number of hydrogen-bond acceptors (Lipinski definition) is 5. The first-order valence-corrected chi connectivity index (χ1v) is 9.56. The Kier molecular flexibility index (Phi) is 5.57. The summed E-state index contributed by atoms with van der Waals surface area (Å²) in [4.78, 5) is 25.1. The van der Waals surface area contributed by atoms with Crippen molar-refractivity contribution in [3.8, 4) is 16.9 Å². The Labute approximate surface area is 173 Å². The average molecular weight is 413 g/mol. The van der Waals surface area contributed by atoms with Crippen LogP contribution in [0.25, 0.3) is 22.1 Å². The van der Waals surface area contributed by atoms with Crippen LogP contribution in [0.1, 0.15) is 46.3 Å². The van der Waals surface area contributed by atoms with Gasteiger partial charge in [-0.3, -0.25) is 10.1 Å². The first-order chi connectivity index (χ1) is 14.0. The van der Waals surface area contributed by atoms with Crippen molar-refractivity contribution in [1.29, 1.82) is 0 Å². The molecule has 0 aliphatic heterocycles. The minimum Gasteiger partial charge on any atom is -0.508 e. The zero-order valence-electron chi connectivity index (χ0n) is 17.5. The first kappa shape index (κ1) is 21.4. The van der Waals surface area contributed by atoms with Gasteiger partial charge >= 0.3 is 6.09 Å². The Hall–Kier alpha value is -3.35. The third-order valence-electron chi connectivity index (χ3n) is 4.32. The Bertz CT molecular complexity index is 1170. The van der Waals surface area contributed by atoms with Crippen molar-refractivity contribution in [2.75, 3.05) is 5.32 Å². The van der Waals surface area contributed by atoms with Gasteiger partial charge in [-0.05, 0) is 50.6 Å². The molecular formula is C23H24FNO5. The number of phenolic OH excluding ortho intramolecular Hbond substituents is 1. The van der Waals surface area contributed by atoms with Crippen LogP contribution in [-0.4, -0.2) is 16.8 Å². The highest BCUT2D eigenvalue weighted by molar-refractivity contribution is 5.87. The number of fused-ring (bicyclic) bond motifs is 1. The van der Waals surface area contributed by atoms with Gasteiger partial charge in [0.05, 0.1) is 16.6 Å². The van der Waals surface area contributed by atoms with Crippen LogP contribution in [0, 0.1) is 5.82 Å². The Morgan fingerprint density at radius 1 is 1.17 bits per heavy atom. The van der Waals surface area contributed by atoms with Gasteiger partial charge in [0, 0.05) is 12.0 Å². The number of amides is 1. The van der Waals surface area contributed by atoms with Crippen molar-refractivity contribution in [3.63, 3.8) is 0 Å². The van der Waals surface area contributed by atoms with E-state index in [1.165, 1.54) is 30.3 Å². The van der Waals surface area contributed by atoms with E-state index in [4.69, 9.17) is 9.15 Å². The molecule has 0 spiro atoms. The predicted octanol–water partition coefficient (Wildman–Crippen LogP) is 5.78. The van der Waals surface area contributed by atoms with Gasteiger partial charge in [-0.2, -0.15) is 0 Å². The molecule has 0 radical (unpaired) electrons. The molecule has 6 nitrogen and oxygen atoms in total. The number of rotatable bonds is 3. The quantitative estimate of drug-likeness (QED) is 0.569. The summed E-state index contributed by atoms with van der Waals surface area (Å²) in [5.41, 5.74) is -0.274. The normalized spacial score (nSPS) is 11.7. The van der Waals surface area contributed by atoms with Crippen molar-refractivity contribution in [2.45, 2.75) is 46.1 Å². The molecule has 2 N–H and O–H groups in total. The number of ether oxygens (including phenoxy) is 1. The molecule has 3 rings (SSSR count). The largest absolute Gasteiger partial charge is 0.508 e. The number of benzene rings is 2. The molecule has 1 amide bonds. The summed E-state index contributed by atoms with van der Waals surface area (Å²) >= 11 is 0. The Balaban J connectivity index is 2.07. The molecule has 0 aliphatic carbocycles. The minimum absolute atomic E-state index is 0.0169. The lowest BCUT2D eigenvalue weighted by atomic mass is 9.96. The molecule has 0 bridgehead atoms. The fourth-order valence-corrected chi connectivity index (χ4v) is 3.06. The first-order valence-electron chi connectivity index (χ1n) is 9.56. The van der Waals surface area contributed by atoms with Crippen LogP contribution >= 0.6 is 0 Å². The van der Waals surface area contributed by atoms with E-state index in [0.717, 1.165) is 0 Å². The Morgan fingerprint density at radius 2 is 1.87 bits per heavy atom. The molecule has 7 heteroatoms. The summed E-state index contributed by atoms with van der Waals surface area (Å²) in [6, 6.07) is 8.34. The van der Waals surface area contributed by atoms with Crippen LogP contribution in [0.3, 0.4) is 0 Å². The molecule has 0 saturated carbocycles. The van der Waals surface area contributed by atoms with E-state index in [9.17, 15) is 19.1 Å². The molecule has 0 fully saturated rings. The third kappa shape index (κ3) is 4.45. The Morgan fingerprint density at radius 3 is 2.47 bits per heavy atom. The smallest absolute Gasteiger partial charge is 0.412 e. The lowest BCUT2D eigenvalue weighted by molar-refractivity contribution is 0.0635. The standard InChI is InChI=1S/C23H24FNO5/c1-12(2)21-19(20(27)15-8-7-14(26)11-18(15)29-21)13-6-9-17(16(24)10-13)25-22(28)30-23(3,4)5/h6-12,26H,1-5H3,(H,25,28). The molecular weight excluding hydrogens is 389 g/mol. The van der Waals surface area contributed by atoms with Crippen LogP contribution < -0.4 is 10.7 Å². The maximum atomic E-state index is 14.7. The molecule has 0 unspecified atom stereocenters. The molecule has 158 valence electrons. The highest BCUT2D eigenvalue weighted by atomic mass is 19.1. The molecule has 0 atom stereocenters. The van der Waals surface area contributed by atoms with E-state index in [-0.39, 0.29) is 39.3 Å². The molecule has 30 heavy (non-hydrogen) atoms. The van der Waals surface area contributed by atoms with Gasteiger partial charge in [0.2, 0.25) is 5.43 Å². The van der Waals surface area contributed by atoms with E-state index in [0.29, 0.717) is 11.3 Å². The van der Waals surface area contributed by atoms with E-state index in [2.05, 4.69) is 5.32 Å². The highest BCUT2D eigenvalue weighted by Gasteiger charge is 2.21. The van der Waals surface area contributed by atoms with Crippen LogP contribution in [0.4, 0.5) is 14.9 Å². The van der Waals surface area contributed by atoms with Gasteiger partial charge in [-0.25, -0.2) is 9.18 Å². The molecule has 0 saturated heterocycles. The van der Waals surface area contributed by atoms with Crippen LogP contribution in [0.2, 0.25) is 0 Å². The third-order valence-corrected chi connectivity index (χ3v) is 4.32. The van der Waals surface area contributed by atoms with Crippen molar-refractivity contribution in [3.05, 3.63) is 58.2 Å². The summed E-state index contributed by atoms with van der Waals surface area (Å²) in [5.74, 6) is -0.512. The summed E-state index contributed by atoms with van der Waals surface area (Å²) in [5, 5.41) is 12.3. The zero-order valence-corrected chi connectivity index (χ0v) is 17.5. The number of anilines is 1. The van der Waals surface area contributed by atoms with E-state index >= 15 is 0 Å².